The van der Waals surface area contributed by atoms with Crippen molar-refractivity contribution in [1.29, 1.82) is 0 Å². The minimum absolute atomic E-state index is 0.296. The third kappa shape index (κ3) is 3.51. The van der Waals surface area contributed by atoms with E-state index in [0.717, 1.165) is 32.7 Å². The molecule has 1 rings (SSSR count). The maximum absolute atomic E-state index is 8.38. The molecule has 5 heteroatoms. The average Bonchev–Trinajstić information content (AvgIpc) is 2.26. The van der Waals surface area contributed by atoms with Gasteiger partial charge in [-0.3, -0.25) is 4.90 Å². The topological polar surface area (TPSA) is 71.1 Å². The largest absolute Gasteiger partial charge is 0.409 e. The summed E-state index contributed by atoms with van der Waals surface area (Å²) in [5, 5.41) is 11.3. The fourth-order valence-electron chi connectivity index (χ4n) is 1.55. The third-order valence-corrected chi connectivity index (χ3v) is 2.49. The predicted molar refractivity (Wildman–Crippen MR) is 54.5 cm³/mol. The number of rotatable bonds is 4. The van der Waals surface area contributed by atoms with Crippen LogP contribution in [0.4, 0.5) is 0 Å². The molecular formula is C9H19N3O2. The summed E-state index contributed by atoms with van der Waals surface area (Å²) in [4.78, 5) is 2.29. The smallest absolute Gasteiger partial charge is 0.140 e. The van der Waals surface area contributed by atoms with E-state index in [1.54, 1.807) is 0 Å². The Morgan fingerprint density at radius 1 is 1.71 bits per heavy atom. The van der Waals surface area contributed by atoms with E-state index < -0.39 is 0 Å². The Balaban J connectivity index is 2.24. The van der Waals surface area contributed by atoms with Crippen LogP contribution in [0.25, 0.3) is 0 Å². The first kappa shape index (κ1) is 11.3. The highest BCUT2D eigenvalue weighted by atomic mass is 16.5. The molecule has 14 heavy (non-hydrogen) atoms. The number of hydrogen-bond acceptors (Lipinski definition) is 4. The van der Waals surface area contributed by atoms with E-state index in [1.165, 1.54) is 0 Å². The zero-order valence-electron chi connectivity index (χ0n) is 8.65. The predicted octanol–water partition coefficient (Wildman–Crippen LogP) is 0.234. The second-order valence-corrected chi connectivity index (χ2v) is 3.54. The van der Waals surface area contributed by atoms with Crippen molar-refractivity contribution in [2.24, 2.45) is 10.9 Å². The fraction of sp³-hybridized carbons (Fsp3) is 0.889. The minimum atomic E-state index is 0.296. The van der Waals surface area contributed by atoms with E-state index in [-0.39, 0.29) is 0 Å². The van der Waals surface area contributed by atoms with Gasteiger partial charge in [0.15, 0.2) is 0 Å². The number of nitrogens with two attached hydrogens (primary N) is 1. The summed E-state index contributed by atoms with van der Waals surface area (Å²) in [5.74, 6) is 0.296. The van der Waals surface area contributed by atoms with Crippen molar-refractivity contribution < 1.29 is 9.94 Å². The number of ether oxygens (including phenoxy) is 1. The van der Waals surface area contributed by atoms with Crippen LogP contribution >= 0.6 is 0 Å². The van der Waals surface area contributed by atoms with Gasteiger partial charge in [0.1, 0.15) is 5.84 Å². The Morgan fingerprint density at radius 3 is 3.14 bits per heavy atom. The van der Waals surface area contributed by atoms with Crippen LogP contribution in [-0.2, 0) is 4.74 Å². The van der Waals surface area contributed by atoms with Crippen molar-refractivity contribution in [3.8, 4) is 0 Å². The minimum Gasteiger partial charge on any atom is -0.409 e. The highest BCUT2D eigenvalue weighted by molar-refractivity contribution is 5.79. The van der Waals surface area contributed by atoms with Crippen LogP contribution in [0.3, 0.4) is 0 Å². The number of hydrogen-bond donors (Lipinski definition) is 2. The van der Waals surface area contributed by atoms with Gasteiger partial charge >= 0.3 is 0 Å². The first-order chi connectivity index (χ1) is 6.76. The van der Waals surface area contributed by atoms with Crippen LogP contribution in [0, 0.1) is 0 Å². The summed E-state index contributed by atoms with van der Waals surface area (Å²) in [7, 11) is 0. The highest BCUT2D eigenvalue weighted by Gasteiger charge is 2.18. The molecule has 0 amide bonds. The van der Waals surface area contributed by atoms with Crippen molar-refractivity contribution >= 4 is 5.84 Å². The molecular weight excluding hydrogens is 182 g/mol. The lowest BCUT2D eigenvalue weighted by Crippen LogP contribution is -2.43. The van der Waals surface area contributed by atoms with Crippen molar-refractivity contribution in [1.82, 2.24) is 4.90 Å². The molecule has 0 aliphatic carbocycles. The summed E-state index contributed by atoms with van der Waals surface area (Å²) in [5.41, 5.74) is 5.40. The Labute approximate surface area is 84.5 Å². The molecule has 5 nitrogen and oxygen atoms in total. The summed E-state index contributed by atoms with van der Waals surface area (Å²) < 4.78 is 5.54. The van der Waals surface area contributed by atoms with Gasteiger partial charge in [-0.2, -0.15) is 0 Å². The van der Waals surface area contributed by atoms with Crippen molar-refractivity contribution in [3.63, 3.8) is 0 Å². The van der Waals surface area contributed by atoms with Crippen LogP contribution in [0.2, 0.25) is 0 Å². The van der Waals surface area contributed by atoms with Crippen LogP contribution in [0.1, 0.15) is 19.8 Å². The summed E-state index contributed by atoms with van der Waals surface area (Å²) in [6, 6.07) is 0. The number of oxime groups is 1. The Morgan fingerprint density at radius 2 is 2.50 bits per heavy atom. The first-order valence-corrected chi connectivity index (χ1v) is 5.06. The molecule has 82 valence electrons. The highest BCUT2D eigenvalue weighted by Crippen LogP contribution is 2.08. The van der Waals surface area contributed by atoms with Gasteiger partial charge in [-0.05, 0) is 6.42 Å². The molecule has 0 aromatic heterocycles. The van der Waals surface area contributed by atoms with Crippen LogP contribution in [-0.4, -0.2) is 48.3 Å². The lowest BCUT2D eigenvalue weighted by molar-refractivity contribution is -0.0287. The molecule has 1 heterocycles. The lowest BCUT2D eigenvalue weighted by atomic mass is 10.2. The Bertz CT molecular complexity index is 196. The van der Waals surface area contributed by atoms with E-state index in [4.69, 9.17) is 15.7 Å². The van der Waals surface area contributed by atoms with E-state index in [2.05, 4.69) is 17.0 Å². The molecule has 0 bridgehead atoms. The molecule has 1 aliphatic heterocycles. The maximum atomic E-state index is 8.38. The Hall–Kier alpha value is -0.810. The average molecular weight is 201 g/mol. The van der Waals surface area contributed by atoms with Gasteiger partial charge in [-0.1, -0.05) is 12.1 Å². The van der Waals surface area contributed by atoms with Crippen molar-refractivity contribution in [2.45, 2.75) is 25.9 Å². The monoisotopic (exact) mass is 201 g/mol. The maximum Gasteiger partial charge on any atom is 0.140 e. The SMILES string of the molecule is CCC1CN(CC/C(N)=N/O)CCO1. The zero-order valence-corrected chi connectivity index (χ0v) is 8.65. The van der Waals surface area contributed by atoms with E-state index in [9.17, 15) is 0 Å². The van der Waals surface area contributed by atoms with Gasteiger partial charge in [-0.25, -0.2) is 0 Å². The van der Waals surface area contributed by atoms with Gasteiger partial charge < -0.3 is 15.7 Å². The zero-order chi connectivity index (χ0) is 10.4. The molecule has 1 saturated heterocycles. The fourth-order valence-corrected chi connectivity index (χ4v) is 1.55. The number of morpholine rings is 1. The normalized spacial score (nSPS) is 25.2. The molecule has 1 aliphatic rings. The molecule has 0 saturated carbocycles. The van der Waals surface area contributed by atoms with Gasteiger partial charge in [0.2, 0.25) is 0 Å². The number of nitrogens with zero attached hydrogens (tertiary/aromatic N) is 2. The molecule has 1 unspecified atom stereocenters. The standard InChI is InChI=1S/C9H19N3O2/c1-2-8-7-12(5-6-14-8)4-3-9(10)11-13/h8,13H,2-7H2,1H3,(H2,10,11). The molecule has 0 aromatic rings. The number of amidine groups is 1. The van der Waals surface area contributed by atoms with Crippen LogP contribution in [0.15, 0.2) is 5.16 Å². The second kappa shape index (κ2) is 5.82. The van der Waals surface area contributed by atoms with Crippen molar-refractivity contribution in [2.75, 3.05) is 26.2 Å². The Kier molecular flexibility index (Phi) is 4.69. The molecule has 3 N–H and O–H groups in total. The molecule has 0 spiro atoms. The van der Waals surface area contributed by atoms with Gasteiger partial charge in [0, 0.05) is 26.1 Å². The molecule has 1 atom stereocenters. The summed E-state index contributed by atoms with van der Waals surface area (Å²) in [6.07, 6.45) is 2.00. The molecule has 1 fully saturated rings. The van der Waals surface area contributed by atoms with Gasteiger partial charge in [-0.15, -0.1) is 0 Å². The molecule has 0 radical (unpaired) electrons. The van der Waals surface area contributed by atoms with E-state index in [1.807, 2.05) is 0 Å². The quantitative estimate of drug-likeness (QED) is 0.296. The van der Waals surface area contributed by atoms with E-state index in [0.29, 0.717) is 18.4 Å². The first-order valence-electron chi connectivity index (χ1n) is 5.06. The van der Waals surface area contributed by atoms with Crippen LogP contribution in [0.5, 0.6) is 0 Å². The molecule has 0 aromatic carbocycles. The van der Waals surface area contributed by atoms with Gasteiger partial charge in [0.25, 0.3) is 0 Å². The van der Waals surface area contributed by atoms with Crippen molar-refractivity contribution in [3.05, 3.63) is 0 Å². The third-order valence-electron chi connectivity index (χ3n) is 2.49. The van der Waals surface area contributed by atoms with Crippen LogP contribution < -0.4 is 5.73 Å². The second-order valence-electron chi connectivity index (χ2n) is 3.54. The summed E-state index contributed by atoms with van der Waals surface area (Å²) in [6.45, 7) is 5.65. The van der Waals surface area contributed by atoms with Gasteiger partial charge in [0.05, 0.1) is 12.7 Å². The lowest BCUT2D eigenvalue weighted by Gasteiger charge is -2.32. The summed E-state index contributed by atoms with van der Waals surface area (Å²) >= 11 is 0. The van der Waals surface area contributed by atoms with E-state index >= 15 is 0 Å².